The van der Waals surface area contributed by atoms with E-state index in [2.05, 4.69) is 23.8 Å². The lowest BCUT2D eigenvalue weighted by Crippen LogP contribution is -2.49. The molecule has 0 aliphatic heterocycles. The van der Waals surface area contributed by atoms with E-state index in [0.29, 0.717) is 35.5 Å². The molecule has 0 saturated carbocycles. The van der Waals surface area contributed by atoms with Crippen LogP contribution in [0.3, 0.4) is 0 Å². The summed E-state index contributed by atoms with van der Waals surface area (Å²) in [5.74, 6) is -1.52. The molecule has 0 heterocycles. The van der Waals surface area contributed by atoms with E-state index in [-0.39, 0.29) is 24.0 Å². The summed E-state index contributed by atoms with van der Waals surface area (Å²) in [5, 5.41) is 5.48. The fourth-order valence-electron chi connectivity index (χ4n) is 4.09. The maximum absolute atomic E-state index is 13.5. The summed E-state index contributed by atoms with van der Waals surface area (Å²) in [4.78, 5) is 53.3. The summed E-state index contributed by atoms with van der Waals surface area (Å²) >= 11 is 0. The highest BCUT2D eigenvalue weighted by molar-refractivity contribution is 6.00. The molecule has 2 rings (SSSR count). The number of nitrogens with one attached hydrogen (secondary N) is 2. The summed E-state index contributed by atoms with van der Waals surface area (Å²) in [6.45, 7) is 15.9. The Morgan fingerprint density at radius 3 is 1.93 bits per heavy atom. The number of amides is 3. The molecular formula is C32H41N3O7. The van der Waals surface area contributed by atoms with Crippen LogP contribution in [0.1, 0.15) is 66.8 Å². The summed E-state index contributed by atoms with van der Waals surface area (Å²) in [5.41, 5.74) is 1.86. The minimum atomic E-state index is -1.43. The number of esters is 1. The Balaban J connectivity index is 2.25. The van der Waals surface area contributed by atoms with Crippen LogP contribution >= 0.6 is 0 Å². The van der Waals surface area contributed by atoms with Crippen molar-refractivity contribution >= 4 is 29.4 Å². The molecular weight excluding hydrogens is 538 g/mol. The maximum atomic E-state index is 13.5. The Bertz CT molecular complexity index is 1270. The fourth-order valence-corrected chi connectivity index (χ4v) is 4.09. The lowest BCUT2D eigenvalue weighted by molar-refractivity contribution is -0.146. The number of carbonyl (C=O) groups is 4. The molecule has 2 aromatic rings. The number of rotatable bonds is 16. The van der Waals surface area contributed by atoms with E-state index < -0.39 is 30.0 Å². The summed E-state index contributed by atoms with van der Waals surface area (Å²) in [7, 11) is 1.29. The van der Waals surface area contributed by atoms with Gasteiger partial charge in [-0.15, -0.1) is 0 Å². The normalized spacial score (nSPS) is 11.8. The zero-order chi connectivity index (χ0) is 31.2. The van der Waals surface area contributed by atoms with E-state index in [0.717, 1.165) is 12.8 Å². The van der Waals surface area contributed by atoms with Gasteiger partial charge in [-0.1, -0.05) is 45.2 Å². The van der Waals surface area contributed by atoms with Crippen molar-refractivity contribution in [3.05, 3.63) is 89.9 Å². The maximum Gasteiger partial charge on any atom is 0.337 e. The van der Waals surface area contributed by atoms with Gasteiger partial charge in [0, 0.05) is 30.9 Å². The third-order valence-corrected chi connectivity index (χ3v) is 5.94. The second kappa shape index (κ2) is 16.6. The molecule has 10 nitrogen and oxygen atoms in total. The van der Waals surface area contributed by atoms with Gasteiger partial charge in [-0.05, 0) is 62.6 Å². The van der Waals surface area contributed by atoms with Gasteiger partial charge in [0.2, 0.25) is 12.2 Å². The second-order valence-corrected chi connectivity index (χ2v) is 9.75. The van der Waals surface area contributed by atoms with Crippen molar-refractivity contribution in [1.29, 1.82) is 0 Å². The number of anilines is 1. The molecule has 0 aromatic heterocycles. The molecule has 0 spiro atoms. The largest absolute Gasteiger partial charge is 0.481 e. The number of methoxy groups -OCH3 is 1. The topological polar surface area (TPSA) is 123 Å². The molecule has 0 fully saturated rings. The highest BCUT2D eigenvalue weighted by atomic mass is 16.6. The smallest absolute Gasteiger partial charge is 0.337 e. The fraction of sp³-hybridized carbons (Fsp3) is 0.375. The molecule has 0 bridgehead atoms. The lowest BCUT2D eigenvalue weighted by atomic mass is 10.1. The van der Waals surface area contributed by atoms with Crippen LogP contribution in [-0.2, 0) is 30.3 Å². The molecule has 226 valence electrons. The minimum Gasteiger partial charge on any atom is -0.481 e. The highest BCUT2D eigenvalue weighted by Crippen LogP contribution is 2.18. The van der Waals surface area contributed by atoms with Crippen LogP contribution in [0, 0.1) is 0 Å². The third kappa shape index (κ3) is 10.1. The first-order chi connectivity index (χ1) is 20.0. The molecule has 2 aromatic carbocycles. The molecule has 42 heavy (non-hydrogen) atoms. The Morgan fingerprint density at radius 2 is 1.40 bits per heavy atom. The summed E-state index contributed by atoms with van der Waals surface area (Å²) in [6.07, 6.45) is -1.19. The van der Waals surface area contributed by atoms with Gasteiger partial charge in [0.1, 0.15) is 0 Å². The second-order valence-electron chi connectivity index (χ2n) is 9.75. The first-order valence-corrected chi connectivity index (χ1v) is 13.8. The van der Waals surface area contributed by atoms with E-state index in [1.807, 2.05) is 13.8 Å². The van der Waals surface area contributed by atoms with E-state index in [1.54, 1.807) is 67.3 Å². The molecule has 2 atom stereocenters. The third-order valence-electron chi connectivity index (χ3n) is 5.94. The van der Waals surface area contributed by atoms with Crippen LogP contribution in [0.25, 0.3) is 0 Å². The molecule has 0 saturated heterocycles. The van der Waals surface area contributed by atoms with Crippen LogP contribution in [-0.4, -0.2) is 61.0 Å². The van der Waals surface area contributed by atoms with Crippen molar-refractivity contribution in [2.75, 3.05) is 25.5 Å². The number of carbonyl (C=O) groups excluding carboxylic acids is 4. The van der Waals surface area contributed by atoms with Gasteiger partial charge in [0.15, 0.2) is 0 Å². The molecule has 10 heteroatoms. The van der Waals surface area contributed by atoms with Crippen molar-refractivity contribution in [3.8, 4) is 0 Å². The Hall–Kier alpha value is -4.60. The van der Waals surface area contributed by atoms with Gasteiger partial charge < -0.3 is 29.7 Å². The van der Waals surface area contributed by atoms with Crippen molar-refractivity contribution < 1.29 is 33.4 Å². The van der Waals surface area contributed by atoms with Crippen LogP contribution in [0.15, 0.2) is 73.2 Å². The SMILES string of the molecule is C=C(C)O[C@@H](C(=O)NCc1ccc(C(=O)OC)cc1)[C@@H](OC(=C)C)C(=O)Nc1cccc(C(=O)N(CCC)CCC)c1. The average molecular weight is 580 g/mol. The number of hydrogen-bond acceptors (Lipinski definition) is 7. The summed E-state index contributed by atoms with van der Waals surface area (Å²) in [6, 6.07) is 13.1. The van der Waals surface area contributed by atoms with E-state index >= 15 is 0 Å². The number of nitrogens with zero attached hydrogens (tertiary/aromatic N) is 1. The zero-order valence-electron chi connectivity index (χ0n) is 25.0. The van der Waals surface area contributed by atoms with E-state index in [1.165, 1.54) is 7.11 Å². The monoisotopic (exact) mass is 579 g/mol. The predicted octanol–water partition coefficient (Wildman–Crippen LogP) is 4.83. The minimum absolute atomic E-state index is 0.0912. The van der Waals surface area contributed by atoms with Crippen LogP contribution < -0.4 is 10.6 Å². The van der Waals surface area contributed by atoms with E-state index in [9.17, 15) is 19.2 Å². The summed E-state index contributed by atoms with van der Waals surface area (Å²) < 4.78 is 16.1. The first kappa shape index (κ1) is 33.6. The van der Waals surface area contributed by atoms with Gasteiger partial charge in [-0.2, -0.15) is 0 Å². The standard InChI is InChI=1S/C32H41N3O7/c1-8-17-35(18-9-2)31(38)25-11-10-12-26(19-25)34-30(37)28(42-22(5)6)27(41-21(3)4)29(36)33-20-23-13-15-24(16-14-23)32(39)40-7/h10-16,19,27-28H,3,5,8-9,17-18,20H2,1-2,4,6-7H3,(H,33,36)(H,34,37)/t27-,28-/m1/s1. The zero-order valence-corrected chi connectivity index (χ0v) is 25.0. The van der Waals surface area contributed by atoms with Gasteiger partial charge >= 0.3 is 5.97 Å². The van der Waals surface area contributed by atoms with Crippen molar-refractivity contribution in [2.45, 2.75) is 59.3 Å². The number of benzene rings is 2. The van der Waals surface area contributed by atoms with Gasteiger partial charge in [0.25, 0.3) is 17.7 Å². The van der Waals surface area contributed by atoms with Crippen LogP contribution in [0.4, 0.5) is 5.69 Å². The van der Waals surface area contributed by atoms with Gasteiger partial charge in [0.05, 0.1) is 24.2 Å². The van der Waals surface area contributed by atoms with Crippen LogP contribution in [0.5, 0.6) is 0 Å². The van der Waals surface area contributed by atoms with Crippen molar-refractivity contribution in [3.63, 3.8) is 0 Å². The van der Waals surface area contributed by atoms with Crippen LogP contribution in [0.2, 0.25) is 0 Å². The Kier molecular flexibility index (Phi) is 13.3. The molecule has 2 N–H and O–H groups in total. The van der Waals surface area contributed by atoms with Crippen molar-refractivity contribution in [1.82, 2.24) is 10.2 Å². The average Bonchev–Trinajstić information content (AvgIpc) is 2.96. The quantitative estimate of drug-likeness (QED) is 0.216. The van der Waals surface area contributed by atoms with Gasteiger partial charge in [-0.25, -0.2) is 4.79 Å². The number of hydrogen-bond donors (Lipinski definition) is 2. The molecule has 3 amide bonds. The molecule has 0 aliphatic rings. The first-order valence-electron chi connectivity index (χ1n) is 13.8. The predicted molar refractivity (Wildman–Crippen MR) is 161 cm³/mol. The molecule has 0 unspecified atom stereocenters. The highest BCUT2D eigenvalue weighted by Gasteiger charge is 2.38. The Labute approximate surface area is 247 Å². The Morgan fingerprint density at radius 1 is 0.833 bits per heavy atom. The van der Waals surface area contributed by atoms with Gasteiger partial charge in [-0.3, -0.25) is 14.4 Å². The van der Waals surface area contributed by atoms with Crippen molar-refractivity contribution in [2.24, 2.45) is 0 Å². The molecule has 0 aliphatic carbocycles. The van der Waals surface area contributed by atoms with E-state index in [4.69, 9.17) is 14.2 Å². The number of allylic oxidation sites excluding steroid dienone is 2. The molecule has 0 radical (unpaired) electrons. The lowest BCUT2D eigenvalue weighted by Gasteiger charge is -2.27. The number of ether oxygens (including phenoxy) is 3.